The number of halogens is 6. The second-order valence-corrected chi connectivity index (χ2v) is 10.4. The molecule has 0 amide bonds. The molecule has 0 saturated carbocycles. The number of nitrogens with zero attached hydrogens (tertiary/aromatic N) is 8. The maximum absolute atomic E-state index is 13.9. The highest BCUT2D eigenvalue weighted by molar-refractivity contribution is 6.18. The Balaban J connectivity index is 1.99. The molecular formula is C36H8F6N8O2. The van der Waals surface area contributed by atoms with Crippen molar-refractivity contribution in [2.24, 2.45) is 0 Å². The number of hydrogen-bond donors (Lipinski definition) is 0. The molecule has 0 atom stereocenters. The fraction of sp³-hybridized carbons (Fsp3) is 0.0556. The molecule has 3 aromatic rings. The van der Waals surface area contributed by atoms with Gasteiger partial charge in [0.25, 0.3) is 0 Å². The Morgan fingerprint density at radius 3 is 0.962 bits per heavy atom. The first-order valence-corrected chi connectivity index (χ1v) is 13.9. The van der Waals surface area contributed by atoms with Gasteiger partial charge in [-0.05, 0) is 70.8 Å². The van der Waals surface area contributed by atoms with E-state index >= 15 is 0 Å². The molecule has 0 aromatic heterocycles. The molecule has 5 rings (SSSR count). The topological polar surface area (TPSA) is 209 Å². The van der Waals surface area contributed by atoms with Crippen LogP contribution in [0.3, 0.4) is 0 Å². The van der Waals surface area contributed by atoms with Crippen LogP contribution in [0.5, 0.6) is 0 Å². The van der Waals surface area contributed by atoms with Crippen molar-refractivity contribution in [3.8, 4) is 48.6 Å². The third kappa shape index (κ3) is 6.19. The van der Waals surface area contributed by atoms with Crippen LogP contribution < -0.4 is 0 Å². The van der Waals surface area contributed by atoms with Crippen molar-refractivity contribution in [1.82, 2.24) is 0 Å². The highest BCUT2D eigenvalue weighted by Crippen LogP contribution is 2.54. The first-order chi connectivity index (χ1) is 24.6. The number of nitriles is 8. The molecular weight excluding hydrogens is 690 g/mol. The number of allylic oxidation sites excluding steroid dienone is 6. The fourth-order valence-corrected chi connectivity index (χ4v) is 5.65. The van der Waals surface area contributed by atoms with Gasteiger partial charge < -0.3 is 9.47 Å². The monoisotopic (exact) mass is 698 g/mol. The molecule has 0 fully saturated rings. The third-order valence-electron chi connectivity index (χ3n) is 7.49. The molecule has 0 N–H and O–H groups in total. The summed E-state index contributed by atoms with van der Waals surface area (Å²) >= 11 is 0. The number of hydrogen-bond acceptors (Lipinski definition) is 10. The van der Waals surface area contributed by atoms with Crippen LogP contribution in [0.1, 0.15) is 55.6 Å². The predicted molar refractivity (Wildman–Crippen MR) is 162 cm³/mol. The first-order valence-electron chi connectivity index (χ1n) is 13.9. The second-order valence-electron chi connectivity index (χ2n) is 10.4. The van der Waals surface area contributed by atoms with Crippen LogP contribution in [0.2, 0.25) is 0 Å². The predicted octanol–water partition coefficient (Wildman–Crippen LogP) is 7.61. The van der Waals surface area contributed by atoms with E-state index in [9.17, 15) is 68.4 Å². The average molecular weight is 699 g/mol. The van der Waals surface area contributed by atoms with Crippen LogP contribution in [0.25, 0.3) is 33.4 Å². The highest BCUT2D eigenvalue weighted by Gasteiger charge is 2.44. The molecule has 10 nitrogen and oxygen atoms in total. The minimum Gasteiger partial charge on any atom is -0.404 e. The van der Waals surface area contributed by atoms with Crippen molar-refractivity contribution in [2.75, 3.05) is 0 Å². The van der Waals surface area contributed by atoms with Crippen LogP contribution >= 0.6 is 0 Å². The van der Waals surface area contributed by atoms with Crippen LogP contribution in [0, 0.1) is 90.6 Å². The smallest absolute Gasteiger partial charge is 0.404 e. The van der Waals surface area contributed by atoms with Gasteiger partial charge in [0, 0.05) is 22.3 Å². The Hall–Kier alpha value is -8.28. The number of ether oxygens (including phenoxy) is 2. The zero-order valence-electron chi connectivity index (χ0n) is 25.3. The van der Waals surface area contributed by atoms with Gasteiger partial charge in [0.15, 0.2) is 11.5 Å². The summed E-state index contributed by atoms with van der Waals surface area (Å²) < 4.78 is 91.8. The molecule has 2 aliphatic rings. The van der Waals surface area contributed by atoms with Crippen LogP contribution in [0.4, 0.5) is 26.3 Å². The van der Waals surface area contributed by atoms with Gasteiger partial charge in [-0.15, -0.1) is 26.3 Å². The van der Waals surface area contributed by atoms with Gasteiger partial charge in [0.05, 0.1) is 57.7 Å². The molecule has 0 bridgehead atoms. The lowest BCUT2D eigenvalue weighted by atomic mass is 9.89. The van der Waals surface area contributed by atoms with Gasteiger partial charge in [-0.25, -0.2) is 0 Å². The summed E-state index contributed by atoms with van der Waals surface area (Å²) in [6, 6.07) is 21.8. The van der Waals surface area contributed by atoms with Crippen molar-refractivity contribution in [1.29, 1.82) is 42.1 Å². The molecule has 0 aliphatic heterocycles. The van der Waals surface area contributed by atoms with Crippen molar-refractivity contribution in [2.45, 2.75) is 12.7 Å². The van der Waals surface area contributed by atoms with Gasteiger partial charge in [-0.1, -0.05) is 0 Å². The zero-order valence-corrected chi connectivity index (χ0v) is 25.3. The van der Waals surface area contributed by atoms with Crippen molar-refractivity contribution >= 4 is 33.4 Å². The molecule has 52 heavy (non-hydrogen) atoms. The summed E-state index contributed by atoms with van der Waals surface area (Å²) in [7, 11) is 0. The Bertz CT molecular complexity index is 2390. The van der Waals surface area contributed by atoms with Gasteiger partial charge in [-0.2, -0.15) is 42.1 Å². The van der Waals surface area contributed by atoms with E-state index in [2.05, 4.69) is 9.47 Å². The second kappa shape index (κ2) is 13.0. The van der Waals surface area contributed by atoms with E-state index in [-0.39, 0.29) is 33.4 Å². The van der Waals surface area contributed by atoms with Crippen LogP contribution in [0.15, 0.2) is 60.0 Å². The molecule has 16 heteroatoms. The number of fused-ring (bicyclic) bond motifs is 2. The summed E-state index contributed by atoms with van der Waals surface area (Å²) in [4.78, 5) is 0. The van der Waals surface area contributed by atoms with E-state index in [0.717, 1.165) is 48.5 Å². The molecule has 3 aromatic carbocycles. The lowest BCUT2D eigenvalue weighted by Crippen LogP contribution is -2.14. The van der Waals surface area contributed by atoms with E-state index in [0.29, 0.717) is 0 Å². The number of rotatable bonds is 4. The summed E-state index contributed by atoms with van der Waals surface area (Å²) in [5.74, 6) is -2.43. The summed E-state index contributed by atoms with van der Waals surface area (Å²) in [5, 5.41) is 78.7. The van der Waals surface area contributed by atoms with E-state index in [1.807, 2.05) is 0 Å². The largest absolute Gasteiger partial charge is 0.573 e. The van der Waals surface area contributed by atoms with Gasteiger partial charge in [0.1, 0.15) is 35.4 Å². The van der Waals surface area contributed by atoms with Crippen LogP contribution in [-0.4, -0.2) is 12.7 Å². The van der Waals surface area contributed by atoms with Crippen molar-refractivity contribution in [3.05, 3.63) is 116 Å². The van der Waals surface area contributed by atoms with Crippen molar-refractivity contribution in [3.63, 3.8) is 0 Å². The standard InChI is InChI=1S/C36H8F6N8O2/c37-35(38,39)51-33-29(15-49)23-8-26-24(7-25(23)31(33)27(13-47)21-3-17(9-43)1-18(4-21)10-44)30(16-50)34(52-36(40,41)42)32(26)28(14-48)22-5-19(11-45)2-20(6-22)12-46/h1-8H/b31-27+,32-28+. The Morgan fingerprint density at radius 1 is 0.423 bits per heavy atom. The summed E-state index contributed by atoms with van der Waals surface area (Å²) in [6.45, 7) is 0. The molecule has 2 aliphatic carbocycles. The van der Waals surface area contributed by atoms with E-state index < -0.39 is 79.9 Å². The lowest BCUT2D eigenvalue weighted by Gasteiger charge is -2.15. The third-order valence-corrected chi connectivity index (χ3v) is 7.49. The minimum atomic E-state index is -5.48. The van der Waals surface area contributed by atoms with Gasteiger partial charge in [-0.3, -0.25) is 0 Å². The molecule has 0 saturated heterocycles. The maximum Gasteiger partial charge on any atom is 0.573 e. The molecule has 0 radical (unpaired) electrons. The van der Waals surface area contributed by atoms with E-state index in [1.165, 1.54) is 0 Å². The minimum absolute atomic E-state index is 0.181. The van der Waals surface area contributed by atoms with E-state index in [1.54, 1.807) is 48.6 Å². The number of alkyl halides is 6. The quantitative estimate of drug-likeness (QED) is 0.192. The molecule has 0 heterocycles. The van der Waals surface area contributed by atoms with Crippen LogP contribution in [-0.2, 0) is 9.47 Å². The summed E-state index contributed by atoms with van der Waals surface area (Å²) in [5.41, 5.74) is -7.45. The molecule has 0 unspecified atom stereocenters. The fourth-order valence-electron chi connectivity index (χ4n) is 5.65. The highest BCUT2D eigenvalue weighted by atomic mass is 19.4. The summed E-state index contributed by atoms with van der Waals surface area (Å²) in [6.07, 6.45) is -11.0. The lowest BCUT2D eigenvalue weighted by molar-refractivity contribution is -0.303. The normalized spacial score (nSPS) is 14.9. The van der Waals surface area contributed by atoms with Crippen molar-refractivity contribution < 1.29 is 35.8 Å². The van der Waals surface area contributed by atoms with Gasteiger partial charge >= 0.3 is 12.7 Å². The van der Waals surface area contributed by atoms with E-state index in [4.69, 9.17) is 0 Å². The first kappa shape index (κ1) is 35.0. The zero-order chi connectivity index (χ0) is 38.1. The Kier molecular flexibility index (Phi) is 8.74. The Morgan fingerprint density at radius 2 is 0.731 bits per heavy atom. The molecule has 246 valence electrons. The SMILES string of the molecule is N#CC1=C(OC(F)(F)F)/C(=C(\C#N)c2cc(C#N)cc(C#N)c2)c2cc3c(cc21)/C(=C(/C#N)c1cc(C#N)cc(C#N)c1)C(OC(F)(F)F)=C3C#N. The Labute approximate surface area is 288 Å². The number of benzene rings is 3. The molecule has 0 spiro atoms. The maximum atomic E-state index is 13.9. The average Bonchev–Trinajstić information content (AvgIpc) is 3.55. The van der Waals surface area contributed by atoms with Gasteiger partial charge in [0.2, 0.25) is 0 Å².